The van der Waals surface area contributed by atoms with Crippen LogP contribution in [0.2, 0.25) is 0 Å². The van der Waals surface area contributed by atoms with Crippen molar-refractivity contribution in [1.82, 2.24) is 29.1 Å². The van der Waals surface area contributed by atoms with Crippen molar-refractivity contribution in [1.29, 1.82) is 0 Å². The maximum Gasteiger partial charge on any atom is 0.199 e. The summed E-state index contributed by atoms with van der Waals surface area (Å²) in [6.45, 7) is 11.0. The maximum absolute atomic E-state index is 5.72. The van der Waals surface area contributed by atoms with Gasteiger partial charge in [0, 0.05) is 57.2 Å². The van der Waals surface area contributed by atoms with Crippen molar-refractivity contribution in [2.45, 2.75) is 33.6 Å². The molecule has 0 radical (unpaired) electrons. The van der Waals surface area contributed by atoms with Crippen LogP contribution in [0, 0.1) is 11.7 Å². The predicted octanol–water partition coefficient (Wildman–Crippen LogP) is 3.58. The van der Waals surface area contributed by atoms with Crippen LogP contribution in [0.5, 0.6) is 0 Å². The highest BCUT2D eigenvalue weighted by Crippen LogP contribution is 2.18. The van der Waals surface area contributed by atoms with Gasteiger partial charge < -0.3 is 4.57 Å². The second-order valence-electron chi connectivity index (χ2n) is 7.55. The Hall–Kier alpha value is -2.35. The fourth-order valence-electron chi connectivity index (χ4n) is 3.84. The molecule has 29 heavy (non-hydrogen) atoms. The van der Waals surface area contributed by atoms with Crippen LogP contribution >= 0.6 is 12.2 Å². The zero-order valence-corrected chi connectivity index (χ0v) is 18.0. The minimum Gasteiger partial charge on any atom is -0.300 e. The van der Waals surface area contributed by atoms with Gasteiger partial charge in [-0.15, -0.1) is 0 Å². The number of hydrogen-bond donors (Lipinski definition) is 0. The Morgan fingerprint density at radius 1 is 0.966 bits per heavy atom. The van der Waals surface area contributed by atoms with Crippen molar-refractivity contribution in [3.8, 4) is 11.4 Å². The highest BCUT2D eigenvalue weighted by Gasteiger charge is 2.19. The Labute approximate surface area is 177 Å². The molecule has 7 heteroatoms. The van der Waals surface area contributed by atoms with Gasteiger partial charge in [-0.05, 0) is 49.3 Å². The molecule has 4 rings (SSSR count). The summed E-state index contributed by atoms with van der Waals surface area (Å²) >= 11 is 5.72. The highest BCUT2D eigenvalue weighted by molar-refractivity contribution is 7.71. The monoisotopic (exact) mass is 408 g/mol. The summed E-state index contributed by atoms with van der Waals surface area (Å²) in [4.78, 5) is 9.08. The van der Waals surface area contributed by atoms with Crippen LogP contribution in [-0.4, -0.2) is 55.3 Å². The Morgan fingerprint density at radius 3 is 2.34 bits per heavy atom. The molecule has 0 amide bonds. The normalized spacial score (nSPS) is 15.7. The second kappa shape index (κ2) is 8.98. The molecule has 1 aliphatic heterocycles. The number of aromatic nitrogens is 4. The summed E-state index contributed by atoms with van der Waals surface area (Å²) in [6, 6.07) is 12.6. The molecule has 1 fully saturated rings. The number of benzene rings is 1. The number of nitrogens with zero attached hydrogens (tertiary/aromatic N) is 6. The Morgan fingerprint density at radius 2 is 1.66 bits per heavy atom. The molecular formula is C22H28N6S. The third-order valence-corrected chi connectivity index (χ3v) is 6.06. The zero-order valence-electron chi connectivity index (χ0n) is 17.2. The number of rotatable bonds is 6. The van der Waals surface area contributed by atoms with Gasteiger partial charge in [-0.2, -0.15) is 5.10 Å². The lowest BCUT2D eigenvalue weighted by atomic mass is 10.1. The van der Waals surface area contributed by atoms with Crippen molar-refractivity contribution in [2.75, 3.05) is 26.2 Å². The molecule has 1 saturated heterocycles. The lowest BCUT2D eigenvalue weighted by Gasteiger charge is -2.34. The fourth-order valence-corrected chi connectivity index (χ4v) is 4.15. The first-order valence-corrected chi connectivity index (χ1v) is 10.6. The maximum atomic E-state index is 5.72. The Balaban J connectivity index is 1.41. The van der Waals surface area contributed by atoms with Gasteiger partial charge in [0.25, 0.3) is 0 Å². The van der Waals surface area contributed by atoms with Crippen molar-refractivity contribution < 1.29 is 0 Å². The molecule has 0 N–H and O–H groups in total. The number of aryl methyl sites for hydroxylation is 1. The molecule has 3 heterocycles. The molecule has 2 aromatic heterocycles. The van der Waals surface area contributed by atoms with E-state index in [4.69, 9.17) is 17.3 Å². The summed E-state index contributed by atoms with van der Waals surface area (Å²) in [6.07, 6.45) is 3.59. The fraction of sp³-hybridized carbons (Fsp3) is 0.409. The quantitative estimate of drug-likeness (QED) is 0.583. The van der Waals surface area contributed by atoms with E-state index < -0.39 is 0 Å². The van der Waals surface area contributed by atoms with Crippen molar-refractivity contribution in [3.63, 3.8) is 0 Å². The van der Waals surface area contributed by atoms with E-state index in [1.54, 1.807) is 12.4 Å². The Kier molecular flexibility index (Phi) is 6.18. The lowest BCUT2D eigenvalue weighted by molar-refractivity contribution is 0.0979. The third-order valence-electron chi connectivity index (χ3n) is 5.63. The first kappa shape index (κ1) is 19.9. The smallest absolute Gasteiger partial charge is 0.199 e. The van der Waals surface area contributed by atoms with E-state index in [-0.39, 0.29) is 0 Å². The van der Waals surface area contributed by atoms with Gasteiger partial charge in [0.15, 0.2) is 10.6 Å². The van der Waals surface area contributed by atoms with E-state index in [1.165, 1.54) is 11.1 Å². The second-order valence-corrected chi connectivity index (χ2v) is 7.91. The van der Waals surface area contributed by atoms with E-state index in [0.29, 0.717) is 0 Å². The third kappa shape index (κ3) is 4.47. The minimum absolute atomic E-state index is 0.738. The molecule has 152 valence electrons. The van der Waals surface area contributed by atoms with E-state index in [2.05, 4.69) is 57.5 Å². The van der Waals surface area contributed by atoms with Crippen LogP contribution < -0.4 is 0 Å². The average Bonchev–Trinajstić information content (AvgIpc) is 3.07. The van der Waals surface area contributed by atoms with E-state index in [9.17, 15) is 0 Å². The standard InChI is InChI=1S/C22H28N6S/c1-3-27-21(19-8-10-23-11-9-19)24-28(22(27)29)17-26-14-12-25(13-15-26)16-20-7-5-4-6-18(20)2/h4-11H,3,12-17H2,1-2H3. The van der Waals surface area contributed by atoms with Gasteiger partial charge in [0.2, 0.25) is 0 Å². The van der Waals surface area contributed by atoms with Gasteiger partial charge in [0.05, 0.1) is 6.67 Å². The molecule has 6 nitrogen and oxygen atoms in total. The largest absolute Gasteiger partial charge is 0.300 e. The van der Waals surface area contributed by atoms with E-state index in [0.717, 1.165) is 62.1 Å². The molecule has 1 aromatic carbocycles. The molecular weight excluding hydrogens is 380 g/mol. The van der Waals surface area contributed by atoms with Crippen LogP contribution in [0.1, 0.15) is 18.1 Å². The molecule has 0 saturated carbocycles. The zero-order chi connectivity index (χ0) is 20.2. The Bertz CT molecular complexity index is 1000. The summed E-state index contributed by atoms with van der Waals surface area (Å²) in [5, 5.41) is 4.84. The minimum atomic E-state index is 0.738. The van der Waals surface area contributed by atoms with Crippen LogP contribution in [0.4, 0.5) is 0 Å². The number of piperazine rings is 1. The first-order valence-electron chi connectivity index (χ1n) is 10.2. The molecule has 1 aliphatic rings. The topological polar surface area (TPSA) is 42.1 Å². The lowest BCUT2D eigenvalue weighted by Crippen LogP contribution is -2.46. The summed E-state index contributed by atoms with van der Waals surface area (Å²) in [5.41, 5.74) is 3.84. The average molecular weight is 409 g/mol. The van der Waals surface area contributed by atoms with Gasteiger partial charge in [0.1, 0.15) is 0 Å². The molecule has 0 aliphatic carbocycles. The van der Waals surface area contributed by atoms with Crippen molar-refractivity contribution >= 4 is 12.2 Å². The van der Waals surface area contributed by atoms with Gasteiger partial charge >= 0.3 is 0 Å². The van der Waals surface area contributed by atoms with Gasteiger partial charge in [-0.3, -0.25) is 14.8 Å². The molecule has 3 aromatic rings. The van der Waals surface area contributed by atoms with Crippen LogP contribution in [-0.2, 0) is 19.8 Å². The SMILES string of the molecule is CCn1c(-c2ccncc2)nn(CN2CCN(Cc3ccccc3C)CC2)c1=S. The number of hydrogen-bond acceptors (Lipinski definition) is 5. The summed E-state index contributed by atoms with van der Waals surface area (Å²) in [5.74, 6) is 0.915. The van der Waals surface area contributed by atoms with Crippen molar-refractivity contribution in [2.24, 2.45) is 0 Å². The predicted molar refractivity (Wildman–Crippen MR) is 118 cm³/mol. The van der Waals surface area contributed by atoms with Crippen LogP contribution in [0.15, 0.2) is 48.8 Å². The summed E-state index contributed by atoms with van der Waals surface area (Å²) in [7, 11) is 0. The van der Waals surface area contributed by atoms with Gasteiger partial charge in [-0.1, -0.05) is 24.3 Å². The summed E-state index contributed by atoms with van der Waals surface area (Å²) < 4.78 is 4.84. The molecule has 0 bridgehead atoms. The van der Waals surface area contributed by atoms with Crippen LogP contribution in [0.25, 0.3) is 11.4 Å². The molecule has 0 spiro atoms. The number of pyridine rings is 1. The van der Waals surface area contributed by atoms with E-state index >= 15 is 0 Å². The van der Waals surface area contributed by atoms with Crippen molar-refractivity contribution in [3.05, 3.63) is 64.7 Å². The van der Waals surface area contributed by atoms with Gasteiger partial charge in [-0.25, -0.2) is 4.68 Å². The van der Waals surface area contributed by atoms with E-state index in [1.807, 2.05) is 16.8 Å². The molecule has 0 atom stereocenters. The molecule has 0 unspecified atom stereocenters. The van der Waals surface area contributed by atoms with Crippen LogP contribution in [0.3, 0.4) is 0 Å². The highest BCUT2D eigenvalue weighted by atomic mass is 32.1. The first-order chi connectivity index (χ1) is 14.2.